The summed E-state index contributed by atoms with van der Waals surface area (Å²) in [5.41, 5.74) is 1.22. The van der Waals surface area contributed by atoms with Gasteiger partial charge < -0.3 is 14.6 Å². The molecule has 2 aromatic rings. The summed E-state index contributed by atoms with van der Waals surface area (Å²) < 4.78 is 6.77. The standard InChI is InChI=1S/C13H19BrN4OS/c1-9(2)5-15-6-12-16-17-13(19-12)18(3)7-10-4-11(14)20-8-10/h4,8-9,15H,5-7H2,1-3H3. The SMILES string of the molecule is CC(C)CNCc1nnc(N(C)Cc2csc(Br)c2)o1. The van der Waals surface area contributed by atoms with Crippen LogP contribution in [-0.2, 0) is 13.1 Å². The topological polar surface area (TPSA) is 54.2 Å². The molecule has 0 aromatic carbocycles. The van der Waals surface area contributed by atoms with Crippen LogP contribution < -0.4 is 10.2 Å². The largest absolute Gasteiger partial charge is 0.407 e. The van der Waals surface area contributed by atoms with Gasteiger partial charge in [-0.05, 0) is 45.4 Å². The third-order valence-electron chi connectivity index (χ3n) is 2.65. The van der Waals surface area contributed by atoms with Crippen LogP contribution in [0.2, 0.25) is 0 Å². The van der Waals surface area contributed by atoms with E-state index in [-0.39, 0.29) is 0 Å². The van der Waals surface area contributed by atoms with Crippen molar-refractivity contribution in [1.82, 2.24) is 15.5 Å². The molecule has 0 radical (unpaired) electrons. The van der Waals surface area contributed by atoms with Crippen molar-refractivity contribution in [2.75, 3.05) is 18.5 Å². The Balaban J connectivity index is 1.87. The first kappa shape index (κ1) is 15.5. The molecule has 0 aliphatic rings. The van der Waals surface area contributed by atoms with E-state index in [0.29, 0.717) is 24.4 Å². The van der Waals surface area contributed by atoms with Gasteiger partial charge in [-0.15, -0.1) is 16.4 Å². The molecule has 0 spiro atoms. The Bertz CT molecular complexity index is 540. The van der Waals surface area contributed by atoms with Crippen LogP contribution in [0.3, 0.4) is 0 Å². The first-order valence-electron chi connectivity index (χ1n) is 6.51. The fourth-order valence-electron chi connectivity index (χ4n) is 1.71. The van der Waals surface area contributed by atoms with Gasteiger partial charge in [0.05, 0.1) is 10.3 Å². The molecule has 0 unspecified atom stereocenters. The van der Waals surface area contributed by atoms with Crippen molar-refractivity contribution in [3.63, 3.8) is 0 Å². The maximum atomic E-state index is 5.64. The zero-order valence-electron chi connectivity index (χ0n) is 11.9. The molecule has 110 valence electrons. The molecule has 0 saturated heterocycles. The molecule has 1 N–H and O–H groups in total. The Morgan fingerprint density at radius 2 is 2.25 bits per heavy atom. The molecular weight excluding hydrogens is 340 g/mol. The second-order valence-electron chi connectivity index (χ2n) is 5.12. The molecule has 0 saturated carbocycles. The summed E-state index contributed by atoms with van der Waals surface area (Å²) in [7, 11) is 1.95. The Hall–Kier alpha value is -0.920. The lowest BCUT2D eigenvalue weighted by atomic mass is 10.2. The van der Waals surface area contributed by atoms with Gasteiger partial charge in [0.1, 0.15) is 0 Å². The number of halogens is 1. The molecule has 2 heterocycles. The number of nitrogens with zero attached hydrogens (tertiary/aromatic N) is 3. The highest BCUT2D eigenvalue weighted by Gasteiger charge is 2.11. The summed E-state index contributed by atoms with van der Waals surface area (Å²) in [6.45, 7) is 6.64. The van der Waals surface area contributed by atoms with E-state index in [1.807, 2.05) is 11.9 Å². The number of hydrogen-bond acceptors (Lipinski definition) is 6. The van der Waals surface area contributed by atoms with E-state index in [4.69, 9.17) is 4.42 Å². The maximum absolute atomic E-state index is 5.64. The molecule has 0 bridgehead atoms. The lowest BCUT2D eigenvalue weighted by Gasteiger charge is -2.12. The van der Waals surface area contributed by atoms with Crippen LogP contribution >= 0.6 is 27.3 Å². The summed E-state index contributed by atoms with van der Waals surface area (Å²) in [4.78, 5) is 1.95. The zero-order chi connectivity index (χ0) is 14.5. The Morgan fingerprint density at radius 1 is 1.45 bits per heavy atom. The van der Waals surface area contributed by atoms with Crippen molar-refractivity contribution in [2.45, 2.75) is 26.9 Å². The minimum atomic E-state index is 0.550. The summed E-state index contributed by atoms with van der Waals surface area (Å²) in [5.74, 6) is 1.23. The monoisotopic (exact) mass is 358 g/mol. The molecule has 7 heteroatoms. The lowest BCUT2D eigenvalue weighted by Crippen LogP contribution is -2.19. The number of rotatable bonds is 7. The van der Waals surface area contributed by atoms with Crippen molar-refractivity contribution >= 4 is 33.3 Å². The Kier molecular flexibility index (Phi) is 5.56. The summed E-state index contributed by atoms with van der Waals surface area (Å²) in [6, 6.07) is 2.65. The van der Waals surface area contributed by atoms with Gasteiger partial charge in [-0.2, -0.15) is 0 Å². The summed E-state index contributed by atoms with van der Waals surface area (Å²) >= 11 is 5.14. The van der Waals surface area contributed by atoms with Crippen molar-refractivity contribution < 1.29 is 4.42 Å². The van der Waals surface area contributed by atoms with Gasteiger partial charge in [-0.1, -0.05) is 18.9 Å². The summed E-state index contributed by atoms with van der Waals surface area (Å²) in [6.07, 6.45) is 0. The third-order valence-corrected chi connectivity index (χ3v) is 4.21. The number of aromatic nitrogens is 2. The number of nitrogens with one attached hydrogen (secondary N) is 1. The molecule has 20 heavy (non-hydrogen) atoms. The average molecular weight is 359 g/mol. The summed E-state index contributed by atoms with van der Waals surface area (Å²) in [5, 5.41) is 13.5. The molecule has 0 atom stereocenters. The van der Waals surface area contributed by atoms with Gasteiger partial charge in [-0.25, -0.2) is 0 Å². The first-order valence-corrected chi connectivity index (χ1v) is 8.19. The highest BCUT2D eigenvalue weighted by molar-refractivity contribution is 9.11. The van der Waals surface area contributed by atoms with E-state index in [1.165, 1.54) is 5.56 Å². The molecular formula is C13H19BrN4OS. The van der Waals surface area contributed by atoms with Crippen LogP contribution in [0.25, 0.3) is 0 Å². The van der Waals surface area contributed by atoms with E-state index in [2.05, 4.69) is 56.7 Å². The van der Waals surface area contributed by atoms with Crippen molar-refractivity contribution in [2.24, 2.45) is 5.92 Å². The second-order valence-corrected chi connectivity index (χ2v) is 7.41. The minimum Gasteiger partial charge on any atom is -0.407 e. The van der Waals surface area contributed by atoms with E-state index < -0.39 is 0 Å². The highest BCUT2D eigenvalue weighted by atomic mass is 79.9. The smallest absolute Gasteiger partial charge is 0.318 e. The van der Waals surface area contributed by atoms with Gasteiger partial charge >= 0.3 is 6.01 Å². The van der Waals surface area contributed by atoms with Crippen LogP contribution in [0, 0.1) is 5.92 Å². The van der Waals surface area contributed by atoms with Crippen LogP contribution in [-0.4, -0.2) is 23.8 Å². The van der Waals surface area contributed by atoms with Crippen LogP contribution in [0.1, 0.15) is 25.3 Å². The first-order chi connectivity index (χ1) is 9.54. The Labute approximate surface area is 131 Å². The van der Waals surface area contributed by atoms with Gasteiger partial charge in [0.25, 0.3) is 0 Å². The molecule has 0 amide bonds. The van der Waals surface area contributed by atoms with Gasteiger partial charge in [0.15, 0.2) is 0 Å². The van der Waals surface area contributed by atoms with Crippen molar-refractivity contribution in [1.29, 1.82) is 0 Å². The van der Waals surface area contributed by atoms with Crippen LogP contribution in [0.4, 0.5) is 6.01 Å². The normalized spacial score (nSPS) is 11.2. The van der Waals surface area contributed by atoms with Gasteiger partial charge in [0.2, 0.25) is 5.89 Å². The van der Waals surface area contributed by atoms with Crippen molar-refractivity contribution in [3.05, 3.63) is 26.7 Å². The average Bonchev–Trinajstić information content (AvgIpc) is 2.98. The highest BCUT2D eigenvalue weighted by Crippen LogP contribution is 2.22. The fourth-order valence-corrected chi connectivity index (χ4v) is 2.91. The van der Waals surface area contributed by atoms with Gasteiger partial charge in [0, 0.05) is 13.6 Å². The number of hydrogen-bond donors (Lipinski definition) is 1. The van der Waals surface area contributed by atoms with Crippen molar-refractivity contribution in [3.8, 4) is 0 Å². The van der Waals surface area contributed by atoms with E-state index in [1.54, 1.807) is 11.3 Å². The third kappa shape index (κ3) is 4.57. The molecule has 0 aliphatic carbocycles. The second kappa shape index (κ2) is 7.19. The molecule has 5 nitrogen and oxygen atoms in total. The predicted octanol–water partition coefficient (Wildman–Crippen LogP) is 3.28. The van der Waals surface area contributed by atoms with E-state index in [9.17, 15) is 0 Å². The molecule has 0 fully saturated rings. The lowest BCUT2D eigenvalue weighted by molar-refractivity contribution is 0.450. The van der Waals surface area contributed by atoms with Crippen LogP contribution in [0.5, 0.6) is 0 Å². The number of anilines is 1. The zero-order valence-corrected chi connectivity index (χ0v) is 14.3. The minimum absolute atomic E-state index is 0.550. The molecule has 2 aromatic heterocycles. The maximum Gasteiger partial charge on any atom is 0.318 e. The Morgan fingerprint density at radius 3 is 2.90 bits per heavy atom. The molecule has 0 aliphatic heterocycles. The quantitative estimate of drug-likeness (QED) is 0.822. The number of thiophene rings is 1. The van der Waals surface area contributed by atoms with Crippen LogP contribution in [0.15, 0.2) is 19.6 Å². The van der Waals surface area contributed by atoms with Gasteiger partial charge in [-0.3, -0.25) is 0 Å². The van der Waals surface area contributed by atoms with E-state index in [0.717, 1.165) is 16.9 Å². The molecule has 2 rings (SSSR count). The predicted molar refractivity (Wildman–Crippen MR) is 85.0 cm³/mol. The fraction of sp³-hybridized carbons (Fsp3) is 0.538. The van der Waals surface area contributed by atoms with E-state index >= 15 is 0 Å².